The molecule has 0 spiro atoms. The van der Waals surface area contributed by atoms with Crippen molar-refractivity contribution in [2.75, 3.05) is 16.9 Å². The molecule has 0 aliphatic heterocycles. The van der Waals surface area contributed by atoms with Gasteiger partial charge in [-0.15, -0.1) is 10.2 Å². The molecule has 0 unspecified atom stereocenters. The van der Waals surface area contributed by atoms with Crippen molar-refractivity contribution in [3.63, 3.8) is 0 Å². The van der Waals surface area contributed by atoms with Gasteiger partial charge in [0.15, 0.2) is 5.82 Å². The zero-order chi connectivity index (χ0) is 19.2. The number of para-hydroxylation sites is 1. The van der Waals surface area contributed by atoms with Crippen LogP contribution in [0, 0.1) is 11.6 Å². The van der Waals surface area contributed by atoms with Crippen molar-refractivity contribution in [3.8, 4) is 5.75 Å². The van der Waals surface area contributed by atoms with Crippen LogP contribution < -0.4 is 15.9 Å². The second-order valence-corrected chi connectivity index (χ2v) is 6.27. The van der Waals surface area contributed by atoms with Crippen molar-refractivity contribution < 1.29 is 18.3 Å². The number of nitrogens with one attached hydrogen (secondary N) is 1. The van der Waals surface area contributed by atoms with Crippen LogP contribution in [-0.2, 0) is 11.4 Å². The molecule has 0 aliphatic carbocycles. The lowest BCUT2D eigenvalue weighted by Gasteiger charge is -2.07. The number of nitrogens with zero attached hydrogens (tertiary/aromatic N) is 3. The van der Waals surface area contributed by atoms with Gasteiger partial charge in [0.1, 0.15) is 24.0 Å². The van der Waals surface area contributed by atoms with Gasteiger partial charge in [-0.3, -0.25) is 4.79 Å². The summed E-state index contributed by atoms with van der Waals surface area (Å²) in [5.41, 5.74) is -0.104. The summed E-state index contributed by atoms with van der Waals surface area (Å²) >= 11 is 1.03. The van der Waals surface area contributed by atoms with Gasteiger partial charge in [0, 0.05) is 6.07 Å². The van der Waals surface area contributed by atoms with Gasteiger partial charge in [0.2, 0.25) is 11.1 Å². The number of amides is 1. The van der Waals surface area contributed by atoms with Crippen molar-refractivity contribution >= 4 is 23.4 Å². The fourth-order valence-corrected chi connectivity index (χ4v) is 2.75. The zero-order valence-electron chi connectivity index (χ0n) is 13.9. The van der Waals surface area contributed by atoms with Gasteiger partial charge >= 0.3 is 0 Å². The minimum atomic E-state index is -0.851. The first-order valence-corrected chi connectivity index (χ1v) is 8.76. The summed E-state index contributed by atoms with van der Waals surface area (Å²) in [7, 11) is 0. The van der Waals surface area contributed by atoms with Crippen molar-refractivity contribution in [2.45, 2.75) is 11.8 Å². The number of carbonyl (C=O) groups excluding carboxylic acids is 1. The first-order chi connectivity index (χ1) is 13.0. The molecule has 1 amide bonds. The predicted molar refractivity (Wildman–Crippen MR) is 96.7 cm³/mol. The van der Waals surface area contributed by atoms with Crippen LogP contribution in [0.2, 0.25) is 0 Å². The first kappa shape index (κ1) is 18.6. The molecule has 0 saturated carbocycles. The van der Waals surface area contributed by atoms with Crippen LogP contribution in [0.15, 0.2) is 53.7 Å². The van der Waals surface area contributed by atoms with Gasteiger partial charge in [-0.05, 0) is 24.3 Å². The number of aromatic nitrogens is 3. The highest BCUT2D eigenvalue weighted by molar-refractivity contribution is 7.99. The topological polar surface area (TPSA) is 95.1 Å². The Morgan fingerprint density at radius 3 is 2.70 bits per heavy atom. The van der Waals surface area contributed by atoms with E-state index in [1.165, 1.54) is 4.68 Å². The van der Waals surface area contributed by atoms with E-state index in [1.54, 1.807) is 12.1 Å². The lowest BCUT2D eigenvalue weighted by atomic mass is 10.3. The Morgan fingerprint density at radius 1 is 1.19 bits per heavy atom. The number of anilines is 1. The fourth-order valence-electron chi connectivity index (χ4n) is 2.08. The van der Waals surface area contributed by atoms with E-state index >= 15 is 0 Å². The second-order valence-electron chi connectivity index (χ2n) is 5.33. The molecule has 140 valence electrons. The van der Waals surface area contributed by atoms with Crippen LogP contribution in [0.1, 0.15) is 5.82 Å². The number of rotatable bonds is 7. The van der Waals surface area contributed by atoms with Gasteiger partial charge in [0.05, 0.1) is 11.4 Å². The summed E-state index contributed by atoms with van der Waals surface area (Å²) < 4.78 is 33.2. The Labute approximate surface area is 157 Å². The Balaban J connectivity index is 1.53. The maximum absolute atomic E-state index is 13.5. The van der Waals surface area contributed by atoms with E-state index < -0.39 is 17.5 Å². The first-order valence-electron chi connectivity index (χ1n) is 7.78. The van der Waals surface area contributed by atoms with E-state index in [0.29, 0.717) is 22.8 Å². The smallest absolute Gasteiger partial charge is 0.234 e. The number of nitrogen functional groups attached to an aromatic ring is 1. The van der Waals surface area contributed by atoms with Gasteiger partial charge in [-0.2, -0.15) is 0 Å². The number of nitrogens with two attached hydrogens (primary N) is 1. The third-order valence-electron chi connectivity index (χ3n) is 3.38. The standard InChI is InChI=1S/C17H15F2N5O2S/c18-11-6-7-14(13(19)8-11)21-16(25)10-27-17-23-22-15(24(17)20)9-26-12-4-2-1-3-5-12/h1-8H,9-10,20H2,(H,21,25). The SMILES string of the molecule is Nn1c(COc2ccccc2)nnc1SCC(=O)Nc1ccc(F)cc1F. The highest BCUT2D eigenvalue weighted by Crippen LogP contribution is 2.18. The van der Waals surface area contributed by atoms with Crippen LogP contribution in [-0.4, -0.2) is 26.5 Å². The molecule has 10 heteroatoms. The highest BCUT2D eigenvalue weighted by atomic mass is 32.2. The van der Waals surface area contributed by atoms with E-state index in [-0.39, 0.29) is 18.0 Å². The summed E-state index contributed by atoms with van der Waals surface area (Å²) in [6.45, 7) is 0.112. The zero-order valence-corrected chi connectivity index (χ0v) is 14.7. The molecule has 0 bridgehead atoms. The monoisotopic (exact) mass is 391 g/mol. The van der Waals surface area contributed by atoms with Crippen LogP contribution >= 0.6 is 11.8 Å². The van der Waals surface area contributed by atoms with E-state index in [0.717, 1.165) is 23.9 Å². The molecule has 0 fully saturated rings. The van der Waals surface area contributed by atoms with E-state index in [1.807, 2.05) is 18.2 Å². The van der Waals surface area contributed by atoms with E-state index in [2.05, 4.69) is 15.5 Å². The largest absolute Gasteiger partial charge is 0.486 e. The summed E-state index contributed by atoms with van der Waals surface area (Å²) in [6, 6.07) is 12.0. The molecular formula is C17H15F2N5O2S. The number of halogens is 2. The summed E-state index contributed by atoms with van der Waals surface area (Å²) in [4.78, 5) is 11.9. The summed E-state index contributed by atoms with van der Waals surface area (Å²) in [5, 5.41) is 10.5. The maximum atomic E-state index is 13.5. The third-order valence-corrected chi connectivity index (χ3v) is 4.33. The molecule has 27 heavy (non-hydrogen) atoms. The van der Waals surface area contributed by atoms with E-state index in [9.17, 15) is 13.6 Å². The van der Waals surface area contributed by atoms with Crippen molar-refractivity contribution in [3.05, 3.63) is 66.0 Å². The highest BCUT2D eigenvalue weighted by Gasteiger charge is 2.14. The number of benzene rings is 2. The second kappa shape index (κ2) is 8.49. The van der Waals surface area contributed by atoms with Crippen molar-refractivity contribution in [1.82, 2.24) is 14.9 Å². The van der Waals surface area contributed by atoms with Gasteiger partial charge in [-0.1, -0.05) is 30.0 Å². The van der Waals surface area contributed by atoms with Gasteiger partial charge < -0.3 is 15.9 Å². The molecule has 2 aromatic carbocycles. The molecule has 0 saturated heterocycles. The van der Waals surface area contributed by atoms with Crippen molar-refractivity contribution in [1.29, 1.82) is 0 Å². The average molecular weight is 391 g/mol. The van der Waals surface area contributed by atoms with E-state index in [4.69, 9.17) is 10.6 Å². The van der Waals surface area contributed by atoms with Gasteiger partial charge in [0.25, 0.3) is 0 Å². The van der Waals surface area contributed by atoms with Crippen LogP contribution in [0.25, 0.3) is 0 Å². The molecule has 0 atom stereocenters. The number of carbonyl (C=O) groups is 1. The van der Waals surface area contributed by atoms with Crippen LogP contribution in [0.5, 0.6) is 5.75 Å². The molecule has 1 heterocycles. The summed E-state index contributed by atoms with van der Waals surface area (Å²) in [6.07, 6.45) is 0. The van der Waals surface area contributed by atoms with Gasteiger partial charge in [-0.25, -0.2) is 13.5 Å². The number of hydrogen-bond donors (Lipinski definition) is 2. The predicted octanol–water partition coefficient (Wildman–Crippen LogP) is 2.58. The lowest BCUT2D eigenvalue weighted by Crippen LogP contribution is -2.18. The Morgan fingerprint density at radius 2 is 1.96 bits per heavy atom. The van der Waals surface area contributed by atoms with Crippen molar-refractivity contribution in [2.24, 2.45) is 0 Å². The molecule has 3 N–H and O–H groups in total. The maximum Gasteiger partial charge on any atom is 0.234 e. The molecule has 0 aliphatic rings. The average Bonchev–Trinajstić information content (AvgIpc) is 3.01. The molecule has 0 radical (unpaired) electrons. The molecule has 1 aromatic heterocycles. The normalized spacial score (nSPS) is 10.6. The fraction of sp³-hybridized carbons (Fsp3) is 0.118. The third kappa shape index (κ3) is 4.94. The van der Waals surface area contributed by atoms with Crippen LogP contribution in [0.3, 0.4) is 0 Å². The quantitative estimate of drug-likeness (QED) is 0.475. The Kier molecular flexibility index (Phi) is 5.87. The number of ether oxygens (including phenoxy) is 1. The molecular weight excluding hydrogens is 376 g/mol. The summed E-state index contributed by atoms with van der Waals surface area (Å²) in [5.74, 6) is 4.81. The Hall–Kier alpha value is -3.14. The number of thioether (sulfide) groups is 1. The van der Waals surface area contributed by atoms with Crippen LogP contribution in [0.4, 0.5) is 14.5 Å². The number of hydrogen-bond acceptors (Lipinski definition) is 6. The molecule has 3 rings (SSSR count). The molecule has 7 nitrogen and oxygen atoms in total. The Bertz CT molecular complexity index is 936. The minimum absolute atomic E-state index is 0.0777. The molecule has 3 aromatic rings. The minimum Gasteiger partial charge on any atom is -0.486 e. The lowest BCUT2D eigenvalue weighted by molar-refractivity contribution is -0.113.